The van der Waals surface area contributed by atoms with E-state index in [1.165, 1.54) is 17.5 Å². The predicted octanol–water partition coefficient (Wildman–Crippen LogP) is 5.68. The largest absolute Gasteiger partial charge is 0.293 e. The minimum atomic E-state index is -0.00467. The van der Waals surface area contributed by atoms with Gasteiger partial charge in [-0.2, -0.15) is 5.06 Å². The van der Waals surface area contributed by atoms with Gasteiger partial charge in [-0.15, -0.1) is 6.58 Å². The van der Waals surface area contributed by atoms with E-state index in [-0.39, 0.29) is 5.54 Å². The van der Waals surface area contributed by atoms with Gasteiger partial charge >= 0.3 is 0 Å². The maximum Gasteiger partial charge on any atom is 0.0936 e. The molecule has 0 aromatic heterocycles. The molecule has 0 aliphatic carbocycles. The van der Waals surface area contributed by atoms with E-state index in [0.717, 1.165) is 19.3 Å². The average molecular weight is 321 g/mol. The Morgan fingerprint density at radius 2 is 1.79 bits per heavy atom. The van der Waals surface area contributed by atoms with Gasteiger partial charge < -0.3 is 0 Å². The van der Waals surface area contributed by atoms with Crippen LogP contribution in [0.5, 0.6) is 0 Å². The minimum absolute atomic E-state index is 0.00467. The molecule has 1 saturated heterocycles. The van der Waals surface area contributed by atoms with Crippen molar-refractivity contribution < 1.29 is 4.84 Å². The third-order valence-corrected chi connectivity index (χ3v) is 4.99. The van der Waals surface area contributed by atoms with E-state index < -0.39 is 0 Å². The lowest BCUT2D eigenvalue weighted by Crippen LogP contribution is -2.50. The number of hydroxylamine groups is 2. The summed E-state index contributed by atoms with van der Waals surface area (Å²) in [5.41, 5.74) is 2.53. The van der Waals surface area contributed by atoms with E-state index in [0.29, 0.717) is 12.6 Å². The van der Waals surface area contributed by atoms with Crippen LogP contribution in [-0.2, 0) is 11.4 Å². The van der Waals surface area contributed by atoms with Crippen LogP contribution >= 0.6 is 0 Å². The third-order valence-electron chi connectivity index (χ3n) is 4.99. The van der Waals surface area contributed by atoms with Crippen molar-refractivity contribution in [1.82, 2.24) is 5.06 Å². The van der Waals surface area contributed by atoms with Gasteiger partial charge in [0, 0.05) is 5.54 Å². The van der Waals surface area contributed by atoms with E-state index in [4.69, 9.17) is 4.84 Å². The highest BCUT2D eigenvalue weighted by molar-refractivity contribution is 5.20. The van der Waals surface area contributed by atoms with E-state index >= 15 is 0 Å². The van der Waals surface area contributed by atoms with Crippen molar-refractivity contribution in [3.05, 3.63) is 84.4 Å². The average Bonchev–Trinajstić information content (AvgIpc) is 2.62. The van der Waals surface area contributed by atoms with Gasteiger partial charge in [-0.3, -0.25) is 4.84 Å². The van der Waals surface area contributed by atoms with Gasteiger partial charge in [0.05, 0.1) is 12.6 Å². The zero-order chi connectivity index (χ0) is 16.8. The molecule has 0 saturated carbocycles. The van der Waals surface area contributed by atoms with E-state index in [2.05, 4.69) is 73.2 Å². The molecule has 1 fully saturated rings. The molecule has 0 unspecified atom stereocenters. The number of benzene rings is 2. The molecule has 0 radical (unpaired) electrons. The molecule has 24 heavy (non-hydrogen) atoms. The first-order chi connectivity index (χ1) is 11.7. The zero-order valence-corrected chi connectivity index (χ0v) is 14.5. The molecular weight excluding hydrogens is 294 g/mol. The van der Waals surface area contributed by atoms with Crippen LogP contribution in [0, 0.1) is 0 Å². The molecule has 2 aromatic carbocycles. The van der Waals surface area contributed by atoms with Crippen molar-refractivity contribution in [2.24, 2.45) is 0 Å². The second-order valence-electron chi connectivity index (χ2n) is 6.89. The maximum absolute atomic E-state index is 6.39. The van der Waals surface area contributed by atoms with Gasteiger partial charge in [-0.25, -0.2) is 0 Å². The van der Waals surface area contributed by atoms with Crippen molar-refractivity contribution >= 4 is 0 Å². The second kappa shape index (κ2) is 7.78. The quantitative estimate of drug-likeness (QED) is 0.635. The first-order valence-electron chi connectivity index (χ1n) is 8.85. The summed E-state index contributed by atoms with van der Waals surface area (Å²) in [6.07, 6.45) is 6.44. The van der Waals surface area contributed by atoms with Gasteiger partial charge in [0.2, 0.25) is 0 Å². The highest BCUT2D eigenvalue weighted by Gasteiger charge is 2.40. The zero-order valence-electron chi connectivity index (χ0n) is 14.5. The highest BCUT2D eigenvalue weighted by Crippen LogP contribution is 2.42. The molecule has 0 spiro atoms. The van der Waals surface area contributed by atoms with E-state index in [1.54, 1.807) is 0 Å². The Labute approximate surface area is 145 Å². The first kappa shape index (κ1) is 16.9. The van der Waals surface area contributed by atoms with Crippen LogP contribution in [0.3, 0.4) is 0 Å². The van der Waals surface area contributed by atoms with Crippen molar-refractivity contribution in [1.29, 1.82) is 0 Å². The van der Waals surface area contributed by atoms with Crippen molar-refractivity contribution in [2.45, 2.75) is 50.8 Å². The first-order valence-corrected chi connectivity index (χ1v) is 8.85. The predicted molar refractivity (Wildman–Crippen MR) is 99.3 cm³/mol. The summed E-state index contributed by atoms with van der Waals surface area (Å²) in [7, 11) is 0. The third kappa shape index (κ3) is 3.77. The minimum Gasteiger partial charge on any atom is -0.293 e. The summed E-state index contributed by atoms with van der Waals surface area (Å²) in [6, 6.07) is 21.4. The summed E-state index contributed by atoms with van der Waals surface area (Å²) in [4.78, 5) is 6.39. The van der Waals surface area contributed by atoms with Crippen LogP contribution in [0.15, 0.2) is 73.3 Å². The number of hydrogen-bond acceptors (Lipinski definition) is 2. The fraction of sp³-hybridized carbons (Fsp3) is 0.364. The molecule has 3 rings (SSSR count). The molecule has 1 heterocycles. The Kier molecular flexibility index (Phi) is 5.49. The topological polar surface area (TPSA) is 12.5 Å². The Morgan fingerprint density at radius 1 is 1.12 bits per heavy atom. The number of hydrogen-bond donors (Lipinski definition) is 0. The summed E-state index contributed by atoms with van der Waals surface area (Å²) in [6.45, 7) is 6.88. The van der Waals surface area contributed by atoms with Gasteiger partial charge in [0.1, 0.15) is 0 Å². The molecule has 1 aliphatic rings. The lowest BCUT2D eigenvalue weighted by molar-refractivity contribution is -0.268. The van der Waals surface area contributed by atoms with Crippen LogP contribution < -0.4 is 0 Å². The van der Waals surface area contributed by atoms with Gasteiger partial charge in [-0.05, 0) is 43.7 Å². The standard InChI is InChI=1S/C22H27NO/c1-3-16-22(2)17-10-15-21(20-13-8-5-9-14-20)23(22)24-18-19-11-6-4-7-12-19/h3-9,11-14,21H,1,10,15-18H2,2H3/t21-,22+/m0/s1. The number of piperidine rings is 1. The molecule has 126 valence electrons. The summed E-state index contributed by atoms with van der Waals surface area (Å²) in [5, 5.41) is 2.25. The summed E-state index contributed by atoms with van der Waals surface area (Å²) < 4.78 is 0. The molecule has 2 nitrogen and oxygen atoms in total. The van der Waals surface area contributed by atoms with Crippen LogP contribution in [0.25, 0.3) is 0 Å². The monoisotopic (exact) mass is 321 g/mol. The second-order valence-corrected chi connectivity index (χ2v) is 6.89. The Bertz CT molecular complexity index is 640. The SMILES string of the molecule is C=CC[C@]1(C)CCC[C@@H](c2ccccc2)N1OCc1ccccc1. The summed E-state index contributed by atoms with van der Waals surface area (Å²) >= 11 is 0. The van der Waals surface area contributed by atoms with E-state index in [9.17, 15) is 0 Å². The maximum atomic E-state index is 6.39. The number of rotatable bonds is 6. The molecule has 0 amide bonds. The Hall–Kier alpha value is -1.90. The van der Waals surface area contributed by atoms with E-state index in [1.807, 2.05) is 12.1 Å². The number of nitrogens with zero attached hydrogens (tertiary/aromatic N) is 1. The Balaban J connectivity index is 1.84. The molecule has 2 heteroatoms. The fourth-order valence-corrected chi connectivity index (χ4v) is 3.72. The molecule has 2 atom stereocenters. The van der Waals surface area contributed by atoms with Crippen LogP contribution in [0.2, 0.25) is 0 Å². The Morgan fingerprint density at radius 3 is 2.46 bits per heavy atom. The van der Waals surface area contributed by atoms with Gasteiger partial charge in [0.15, 0.2) is 0 Å². The molecule has 0 bridgehead atoms. The molecule has 0 N–H and O–H groups in total. The van der Waals surface area contributed by atoms with Crippen LogP contribution in [0.1, 0.15) is 49.8 Å². The molecule has 2 aromatic rings. The molecule has 1 aliphatic heterocycles. The van der Waals surface area contributed by atoms with Crippen molar-refractivity contribution in [3.63, 3.8) is 0 Å². The lowest BCUT2D eigenvalue weighted by Gasteiger charge is -2.48. The normalized spacial score (nSPS) is 24.6. The highest BCUT2D eigenvalue weighted by atomic mass is 16.7. The van der Waals surface area contributed by atoms with Crippen molar-refractivity contribution in [2.75, 3.05) is 0 Å². The van der Waals surface area contributed by atoms with Crippen LogP contribution in [0.4, 0.5) is 0 Å². The smallest absolute Gasteiger partial charge is 0.0936 e. The summed E-state index contributed by atoms with van der Waals surface area (Å²) in [5.74, 6) is 0. The van der Waals surface area contributed by atoms with Gasteiger partial charge in [0.25, 0.3) is 0 Å². The fourth-order valence-electron chi connectivity index (χ4n) is 3.72. The van der Waals surface area contributed by atoms with Crippen molar-refractivity contribution in [3.8, 4) is 0 Å². The molecular formula is C22H27NO. The van der Waals surface area contributed by atoms with Crippen LogP contribution in [-0.4, -0.2) is 10.6 Å². The van der Waals surface area contributed by atoms with Gasteiger partial charge in [-0.1, -0.05) is 66.7 Å². The lowest BCUT2D eigenvalue weighted by atomic mass is 9.82.